The van der Waals surface area contributed by atoms with Crippen LogP contribution in [0, 0.1) is 5.82 Å². The Labute approximate surface area is 138 Å². The van der Waals surface area contributed by atoms with Gasteiger partial charge in [-0.15, -0.1) is 0 Å². The smallest absolute Gasteiger partial charge is 0.315 e. The molecule has 3 rings (SSSR count). The standard InChI is InChI=1S/C17H19FN4O2/c18-14-5-1-12(2-6-14)10-20-17(24)19-7-8-22-11-21-15(9-16(22)23)13-3-4-13/h1-2,5-6,9,11,13H,3-4,7-8,10H2,(H2,19,20,24). The van der Waals surface area contributed by atoms with E-state index in [-0.39, 0.29) is 17.4 Å². The number of hydrogen-bond acceptors (Lipinski definition) is 3. The molecule has 2 aromatic rings. The van der Waals surface area contributed by atoms with Crippen LogP contribution < -0.4 is 16.2 Å². The van der Waals surface area contributed by atoms with Gasteiger partial charge in [-0.2, -0.15) is 0 Å². The van der Waals surface area contributed by atoms with Gasteiger partial charge in [0.05, 0.1) is 12.0 Å². The molecule has 0 atom stereocenters. The van der Waals surface area contributed by atoms with Crippen molar-refractivity contribution in [1.82, 2.24) is 20.2 Å². The lowest BCUT2D eigenvalue weighted by Gasteiger charge is -2.09. The molecule has 0 radical (unpaired) electrons. The molecule has 126 valence electrons. The number of rotatable bonds is 6. The van der Waals surface area contributed by atoms with Crippen LogP contribution in [-0.2, 0) is 13.1 Å². The van der Waals surface area contributed by atoms with E-state index in [1.165, 1.54) is 23.0 Å². The van der Waals surface area contributed by atoms with Gasteiger partial charge in [-0.05, 0) is 30.5 Å². The maximum Gasteiger partial charge on any atom is 0.315 e. The first kappa shape index (κ1) is 16.2. The van der Waals surface area contributed by atoms with E-state index < -0.39 is 0 Å². The summed E-state index contributed by atoms with van der Waals surface area (Å²) >= 11 is 0. The van der Waals surface area contributed by atoms with Gasteiger partial charge in [0.15, 0.2) is 0 Å². The zero-order valence-electron chi connectivity index (χ0n) is 13.2. The Morgan fingerprint density at radius 1 is 1.25 bits per heavy atom. The van der Waals surface area contributed by atoms with Gasteiger partial charge >= 0.3 is 6.03 Å². The van der Waals surface area contributed by atoms with Gasteiger partial charge in [-0.25, -0.2) is 14.2 Å². The molecular formula is C17H19FN4O2. The number of amides is 2. The second kappa shape index (κ2) is 7.25. The maximum atomic E-state index is 12.8. The van der Waals surface area contributed by atoms with Crippen molar-refractivity contribution in [2.24, 2.45) is 0 Å². The molecule has 7 heteroatoms. The van der Waals surface area contributed by atoms with E-state index in [1.807, 2.05) is 0 Å². The molecule has 1 aliphatic rings. The molecule has 1 aromatic carbocycles. The lowest BCUT2D eigenvalue weighted by Crippen LogP contribution is -2.38. The molecule has 0 bridgehead atoms. The summed E-state index contributed by atoms with van der Waals surface area (Å²) in [7, 11) is 0. The van der Waals surface area contributed by atoms with E-state index in [0.717, 1.165) is 24.1 Å². The first-order chi connectivity index (χ1) is 11.6. The Balaban J connectivity index is 1.41. The highest BCUT2D eigenvalue weighted by Crippen LogP contribution is 2.38. The number of urea groups is 1. The monoisotopic (exact) mass is 330 g/mol. The molecular weight excluding hydrogens is 311 g/mol. The Morgan fingerprint density at radius 2 is 2.00 bits per heavy atom. The normalized spacial score (nSPS) is 13.5. The molecule has 6 nitrogen and oxygen atoms in total. The van der Waals surface area contributed by atoms with Crippen LogP contribution in [0.2, 0.25) is 0 Å². The molecule has 2 N–H and O–H groups in total. The first-order valence-corrected chi connectivity index (χ1v) is 7.94. The number of carbonyl (C=O) groups excluding carboxylic acids is 1. The van der Waals surface area contributed by atoms with Gasteiger partial charge in [-0.1, -0.05) is 12.1 Å². The van der Waals surface area contributed by atoms with Crippen LogP contribution in [0.15, 0.2) is 41.5 Å². The second-order valence-electron chi connectivity index (χ2n) is 5.86. The number of nitrogens with one attached hydrogen (secondary N) is 2. The van der Waals surface area contributed by atoms with Gasteiger partial charge in [0, 0.05) is 31.6 Å². The van der Waals surface area contributed by atoms with E-state index in [1.54, 1.807) is 18.2 Å². The molecule has 1 aliphatic carbocycles. The number of halogens is 1. The topological polar surface area (TPSA) is 76.0 Å². The van der Waals surface area contributed by atoms with E-state index >= 15 is 0 Å². The van der Waals surface area contributed by atoms with Gasteiger partial charge in [0.25, 0.3) is 5.56 Å². The second-order valence-corrected chi connectivity index (χ2v) is 5.86. The summed E-state index contributed by atoms with van der Waals surface area (Å²) in [5, 5.41) is 5.35. The predicted molar refractivity (Wildman–Crippen MR) is 87.1 cm³/mol. The van der Waals surface area contributed by atoms with Crippen LogP contribution >= 0.6 is 0 Å². The summed E-state index contributed by atoms with van der Waals surface area (Å²) in [4.78, 5) is 27.9. The summed E-state index contributed by atoms with van der Waals surface area (Å²) in [6, 6.07) is 7.16. The fourth-order valence-electron chi connectivity index (χ4n) is 2.35. The Morgan fingerprint density at radius 3 is 2.67 bits per heavy atom. The van der Waals surface area contributed by atoms with Gasteiger partial charge in [0.1, 0.15) is 5.82 Å². The highest BCUT2D eigenvalue weighted by atomic mass is 19.1. The Bertz CT molecular complexity index is 769. The van der Waals surface area contributed by atoms with Crippen molar-refractivity contribution in [3.63, 3.8) is 0 Å². The highest BCUT2D eigenvalue weighted by molar-refractivity contribution is 5.73. The zero-order chi connectivity index (χ0) is 16.9. The fourth-order valence-corrected chi connectivity index (χ4v) is 2.35. The van der Waals surface area contributed by atoms with E-state index in [0.29, 0.717) is 25.6 Å². The molecule has 1 fully saturated rings. The average molecular weight is 330 g/mol. The van der Waals surface area contributed by atoms with Crippen LogP contribution in [0.3, 0.4) is 0 Å². The predicted octanol–water partition coefficient (Wildman–Crippen LogP) is 1.76. The van der Waals surface area contributed by atoms with Crippen molar-refractivity contribution >= 4 is 6.03 Å². The fraction of sp³-hybridized carbons (Fsp3) is 0.353. The molecule has 2 amide bonds. The molecule has 1 aromatic heterocycles. The number of carbonyl (C=O) groups is 1. The number of benzene rings is 1. The summed E-state index contributed by atoms with van der Waals surface area (Å²) in [6.07, 6.45) is 3.74. The molecule has 0 unspecified atom stereocenters. The lowest BCUT2D eigenvalue weighted by molar-refractivity contribution is 0.240. The van der Waals surface area contributed by atoms with Crippen molar-refractivity contribution < 1.29 is 9.18 Å². The van der Waals surface area contributed by atoms with Crippen LogP contribution in [0.25, 0.3) is 0 Å². The number of aromatic nitrogens is 2. The molecule has 0 saturated heterocycles. The first-order valence-electron chi connectivity index (χ1n) is 7.94. The van der Waals surface area contributed by atoms with E-state index in [9.17, 15) is 14.0 Å². The third kappa shape index (κ3) is 4.41. The summed E-state index contributed by atoms with van der Waals surface area (Å²) < 4.78 is 14.3. The quantitative estimate of drug-likeness (QED) is 0.847. The molecule has 24 heavy (non-hydrogen) atoms. The zero-order valence-corrected chi connectivity index (χ0v) is 13.2. The van der Waals surface area contributed by atoms with Crippen LogP contribution in [0.4, 0.5) is 9.18 Å². The number of hydrogen-bond donors (Lipinski definition) is 2. The Hall–Kier alpha value is -2.70. The minimum Gasteiger partial charge on any atom is -0.336 e. The summed E-state index contributed by atoms with van der Waals surface area (Å²) in [6.45, 7) is 0.990. The van der Waals surface area contributed by atoms with E-state index in [2.05, 4.69) is 15.6 Å². The highest BCUT2D eigenvalue weighted by Gasteiger charge is 2.25. The van der Waals surface area contributed by atoms with Crippen molar-refractivity contribution in [2.75, 3.05) is 6.54 Å². The van der Waals surface area contributed by atoms with Crippen molar-refractivity contribution in [1.29, 1.82) is 0 Å². The number of nitrogens with zero attached hydrogens (tertiary/aromatic N) is 2. The minimum atomic E-state index is -0.338. The van der Waals surface area contributed by atoms with Crippen molar-refractivity contribution in [2.45, 2.75) is 31.8 Å². The minimum absolute atomic E-state index is 0.0968. The average Bonchev–Trinajstić information content (AvgIpc) is 3.41. The summed E-state index contributed by atoms with van der Waals surface area (Å²) in [5.74, 6) is 0.137. The maximum absolute atomic E-state index is 12.8. The lowest BCUT2D eigenvalue weighted by atomic mass is 10.2. The largest absolute Gasteiger partial charge is 0.336 e. The van der Waals surface area contributed by atoms with Gasteiger partial charge < -0.3 is 10.6 Å². The van der Waals surface area contributed by atoms with Gasteiger partial charge in [0.2, 0.25) is 0 Å². The SMILES string of the molecule is O=C(NCCn1cnc(C2CC2)cc1=O)NCc1ccc(F)cc1. The Kier molecular flexibility index (Phi) is 4.88. The van der Waals surface area contributed by atoms with Gasteiger partial charge in [-0.3, -0.25) is 9.36 Å². The van der Waals surface area contributed by atoms with Crippen molar-refractivity contribution in [3.8, 4) is 0 Å². The summed E-state index contributed by atoms with van der Waals surface area (Å²) in [5.41, 5.74) is 1.57. The molecule has 1 heterocycles. The van der Waals surface area contributed by atoms with Crippen LogP contribution in [-0.4, -0.2) is 22.1 Å². The molecule has 0 aliphatic heterocycles. The van der Waals surface area contributed by atoms with Crippen LogP contribution in [0.1, 0.15) is 30.0 Å². The molecule has 1 saturated carbocycles. The van der Waals surface area contributed by atoms with E-state index in [4.69, 9.17) is 0 Å². The van der Waals surface area contributed by atoms with Crippen molar-refractivity contribution in [3.05, 3.63) is 64.1 Å². The van der Waals surface area contributed by atoms with Crippen LogP contribution in [0.5, 0.6) is 0 Å². The third-order valence-corrected chi connectivity index (χ3v) is 3.90. The molecule has 0 spiro atoms. The third-order valence-electron chi connectivity index (χ3n) is 3.90.